The Morgan fingerprint density at radius 2 is 1.82 bits per heavy atom. The SMILES string of the molecule is CC(C)C(NC(=O)c1cnn(-c2ccccc2)n1)c1ccc2c(c1)OCCO2. The van der Waals surface area contributed by atoms with E-state index in [0.29, 0.717) is 19.0 Å². The van der Waals surface area contributed by atoms with Crippen LogP contribution in [0.3, 0.4) is 0 Å². The van der Waals surface area contributed by atoms with Crippen molar-refractivity contribution < 1.29 is 14.3 Å². The van der Waals surface area contributed by atoms with E-state index in [9.17, 15) is 4.79 Å². The molecule has 144 valence electrons. The van der Waals surface area contributed by atoms with E-state index in [1.165, 1.54) is 11.0 Å². The van der Waals surface area contributed by atoms with E-state index < -0.39 is 0 Å². The zero-order valence-electron chi connectivity index (χ0n) is 15.8. The molecule has 1 atom stereocenters. The van der Waals surface area contributed by atoms with Gasteiger partial charge in [-0.15, -0.1) is 5.10 Å². The number of rotatable bonds is 5. The fourth-order valence-electron chi connectivity index (χ4n) is 3.16. The quantitative estimate of drug-likeness (QED) is 0.738. The lowest BCUT2D eigenvalue weighted by molar-refractivity contribution is 0.0919. The summed E-state index contributed by atoms with van der Waals surface area (Å²) >= 11 is 0. The van der Waals surface area contributed by atoms with Crippen LogP contribution in [-0.2, 0) is 0 Å². The molecule has 0 bridgehead atoms. The molecular weight excluding hydrogens is 356 g/mol. The summed E-state index contributed by atoms with van der Waals surface area (Å²) < 4.78 is 11.3. The molecule has 0 aliphatic carbocycles. The highest BCUT2D eigenvalue weighted by atomic mass is 16.6. The average Bonchev–Trinajstić information content (AvgIpc) is 3.22. The van der Waals surface area contributed by atoms with Gasteiger partial charge in [-0.3, -0.25) is 4.79 Å². The highest BCUT2D eigenvalue weighted by Crippen LogP contribution is 2.34. The molecule has 1 N–H and O–H groups in total. The first kappa shape index (κ1) is 18.0. The summed E-state index contributed by atoms with van der Waals surface area (Å²) in [6.07, 6.45) is 1.48. The lowest BCUT2D eigenvalue weighted by Gasteiger charge is -2.25. The minimum Gasteiger partial charge on any atom is -0.486 e. The van der Waals surface area contributed by atoms with Crippen LogP contribution < -0.4 is 14.8 Å². The van der Waals surface area contributed by atoms with Crippen molar-refractivity contribution in [3.05, 3.63) is 66.0 Å². The maximum atomic E-state index is 12.8. The highest BCUT2D eigenvalue weighted by molar-refractivity contribution is 5.92. The van der Waals surface area contributed by atoms with E-state index in [-0.39, 0.29) is 23.6 Å². The number of carbonyl (C=O) groups is 1. The minimum atomic E-state index is -0.268. The number of fused-ring (bicyclic) bond motifs is 1. The number of amides is 1. The first-order chi connectivity index (χ1) is 13.6. The van der Waals surface area contributed by atoms with Crippen molar-refractivity contribution in [2.45, 2.75) is 19.9 Å². The van der Waals surface area contributed by atoms with Crippen molar-refractivity contribution in [2.75, 3.05) is 13.2 Å². The Labute approximate surface area is 163 Å². The van der Waals surface area contributed by atoms with Gasteiger partial charge in [0.05, 0.1) is 17.9 Å². The molecule has 0 spiro atoms. The standard InChI is InChI=1S/C21H22N4O3/c1-14(2)20(15-8-9-18-19(12-15)28-11-10-27-18)23-21(26)17-13-22-25(24-17)16-6-4-3-5-7-16/h3-9,12-14,20H,10-11H2,1-2H3,(H,23,26). The topological polar surface area (TPSA) is 78.3 Å². The lowest BCUT2D eigenvalue weighted by atomic mass is 9.95. The fourth-order valence-corrected chi connectivity index (χ4v) is 3.16. The molecule has 3 aromatic rings. The van der Waals surface area contributed by atoms with Gasteiger partial charge in [0.15, 0.2) is 17.2 Å². The lowest BCUT2D eigenvalue weighted by Crippen LogP contribution is -2.32. The van der Waals surface area contributed by atoms with Crippen LogP contribution in [0.4, 0.5) is 0 Å². The van der Waals surface area contributed by atoms with Gasteiger partial charge in [0.2, 0.25) is 0 Å². The van der Waals surface area contributed by atoms with Crippen LogP contribution >= 0.6 is 0 Å². The summed E-state index contributed by atoms with van der Waals surface area (Å²) in [7, 11) is 0. The summed E-state index contributed by atoms with van der Waals surface area (Å²) in [6.45, 7) is 5.19. The third-order valence-corrected chi connectivity index (χ3v) is 4.59. The Balaban J connectivity index is 1.54. The van der Waals surface area contributed by atoms with Crippen molar-refractivity contribution in [2.24, 2.45) is 5.92 Å². The minimum absolute atomic E-state index is 0.177. The zero-order valence-corrected chi connectivity index (χ0v) is 15.8. The predicted octanol–water partition coefficient (Wildman–Crippen LogP) is 3.17. The Kier molecular flexibility index (Phi) is 4.97. The van der Waals surface area contributed by atoms with Crippen molar-refractivity contribution in [3.63, 3.8) is 0 Å². The molecule has 1 aliphatic heterocycles. The third kappa shape index (κ3) is 3.69. The van der Waals surface area contributed by atoms with E-state index in [4.69, 9.17) is 9.47 Å². The molecule has 0 saturated carbocycles. The molecule has 0 radical (unpaired) electrons. The van der Waals surface area contributed by atoms with E-state index in [1.54, 1.807) is 0 Å². The molecule has 0 fully saturated rings. The van der Waals surface area contributed by atoms with E-state index >= 15 is 0 Å². The molecule has 0 saturated heterocycles. The van der Waals surface area contributed by atoms with Gasteiger partial charge in [0.25, 0.3) is 5.91 Å². The number of hydrogen-bond donors (Lipinski definition) is 1. The van der Waals surface area contributed by atoms with Crippen LogP contribution in [0, 0.1) is 5.92 Å². The molecule has 28 heavy (non-hydrogen) atoms. The Morgan fingerprint density at radius 1 is 1.07 bits per heavy atom. The first-order valence-electron chi connectivity index (χ1n) is 9.30. The molecule has 1 aliphatic rings. The van der Waals surface area contributed by atoms with Gasteiger partial charge in [-0.05, 0) is 35.7 Å². The van der Waals surface area contributed by atoms with Gasteiger partial charge < -0.3 is 14.8 Å². The molecule has 2 heterocycles. The van der Waals surface area contributed by atoms with Gasteiger partial charge >= 0.3 is 0 Å². The number of ether oxygens (including phenoxy) is 2. The molecular formula is C21H22N4O3. The Hall–Kier alpha value is -3.35. The number of nitrogens with one attached hydrogen (secondary N) is 1. The number of hydrogen-bond acceptors (Lipinski definition) is 5. The van der Waals surface area contributed by atoms with Gasteiger partial charge in [-0.25, -0.2) is 0 Å². The van der Waals surface area contributed by atoms with Crippen molar-refractivity contribution in [1.82, 2.24) is 20.3 Å². The van der Waals surface area contributed by atoms with Gasteiger partial charge in [-0.2, -0.15) is 9.90 Å². The van der Waals surface area contributed by atoms with Crippen LogP contribution in [0.5, 0.6) is 11.5 Å². The number of carbonyl (C=O) groups excluding carboxylic acids is 1. The summed E-state index contributed by atoms with van der Waals surface area (Å²) in [5, 5.41) is 11.6. The number of para-hydroxylation sites is 1. The fraction of sp³-hybridized carbons (Fsp3) is 0.286. The molecule has 1 aromatic heterocycles. The number of aromatic nitrogens is 3. The maximum Gasteiger partial charge on any atom is 0.273 e. The predicted molar refractivity (Wildman–Crippen MR) is 104 cm³/mol. The molecule has 4 rings (SSSR count). The molecule has 2 aromatic carbocycles. The van der Waals surface area contributed by atoms with Crippen molar-refractivity contribution in [1.29, 1.82) is 0 Å². The van der Waals surface area contributed by atoms with Gasteiger partial charge in [-0.1, -0.05) is 38.1 Å². The van der Waals surface area contributed by atoms with Gasteiger partial charge in [0.1, 0.15) is 13.2 Å². The van der Waals surface area contributed by atoms with E-state index in [1.807, 2.05) is 48.5 Å². The van der Waals surface area contributed by atoms with E-state index in [2.05, 4.69) is 29.4 Å². The first-order valence-corrected chi connectivity index (χ1v) is 9.30. The second kappa shape index (κ2) is 7.72. The smallest absolute Gasteiger partial charge is 0.273 e. The zero-order chi connectivity index (χ0) is 19.5. The molecule has 7 nitrogen and oxygen atoms in total. The number of benzene rings is 2. The van der Waals surface area contributed by atoms with Crippen LogP contribution in [-0.4, -0.2) is 34.1 Å². The summed E-state index contributed by atoms with van der Waals surface area (Å²) in [4.78, 5) is 14.2. The normalized spacial score (nSPS) is 14.0. The maximum absolute atomic E-state index is 12.8. The Morgan fingerprint density at radius 3 is 2.57 bits per heavy atom. The highest BCUT2D eigenvalue weighted by Gasteiger charge is 2.23. The van der Waals surface area contributed by atoms with Crippen LogP contribution in [0.15, 0.2) is 54.7 Å². The summed E-state index contributed by atoms with van der Waals surface area (Å²) in [5.74, 6) is 1.35. The van der Waals surface area contributed by atoms with Crippen LogP contribution in [0.1, 0.15) is 35.9 Å². The van der Waals surface area contributed by atoms with Crippen molar-refractivity contribution in [3.8, 4) is 17.2 Å². The molecule has 1 unspecified atom stereocenters. The van der Waals surface area contributed by atoms with Crippen molar-refractivity contribution >= 4 is 5.91 Å². The monoisotopic (exact) mass is 378 g/mol. The Bertz CT molecular complexity index is 969. The van der Waals surface area contributed by atoms with E-state index in [0.717, 1.165) is 17.0 Å². The largest absolute Gasteiger partial charge is 0.486 e. The summed E-state index contributed by atoms with van der Waals surface area (Å²) in [5.41, 5.74) is 2.03. The van der Waals surface area contributed by atoms with Crippen LogP contribution in [0.25, 0.3) is 5.69 Å². The molecule has 1 amide bonds. The molecule has 7 heteroatoms. The second-order valence-electron chi connectivity index (χ2n) is 6.95. The second-order valence-corrected chi connectivity index (χ2v) is 6.95. The average molecular weight is 378 g/mol. The van der Waals surface area contributed by atoms with Crippen LogP contribution in [0.2, 0.25) is 0 Å². The summed E-state index contributed by atoms with van der Waals surface area (Å²) in [6, 6.07) is 15.1. The number of nitrogens with zero attached hydrogens (tertiary/aromatic N) is 3. The van der Waals surface area contributed by atoms with Gasteiger partial charge in [0, 0.05) is 0 Å². The third-order valence-electron chi connectivity index (χ3n) is 4.59.